The Morgan fingerprint density at radius 2 is 2.12 bits per heavy atom. The van der Waals surface area contributed by atoms with Crippen LogP contribution in [0, 0.1) is 0 Å². The van der Waals surface area contributed by atoms with E-state index in [1.54, 1.807) is 0 Å². The second-order valence-electron chi connectivity index (χ2n) is 1.96. The number of hydrogen-bond donors (Lipinski definition) is 0. The van der Waals surface area contributed by atoms with Crippen molar-refractivity contribution in [2.24, 2.45) is 0 Å². The summed E-state index contributed by atoms with van der Waals surface area (Å²) in [7, 11) is -0.761. The summed E-state index contributed by atoms with van der Waals surface area (Å²) < 4.78 is 5.34. The van der Waals surface area contributed by atoms with Crippen LogP contribution >= 0.6 is 11.6 Å². The number of halogens is 1. The van der Waals surface area contributed by atoms with Crippen LogP contribution in [0.3, 0.4) is 0 Å². The lowest BCUT2D eigenvalue weighted by atomic mass is 10.5. The van der Waals surface area contributed by atoms with E-state index in [0.29, 0.717) is 0 Å². The maximum atomic E-state index is 5.42. The van der Waals surface area contributed by atoms with Gasteiger partial charge >= 0.3 is 0 Å². The van der Waals surface area contributed by atoms with Gasteiger partial charge in [-0.2, -0.15) is 0 Å². The monoisotopic (exact) mass is 152 g/mol. The molecule has 0 bridgehead atoms. The van der Waals surface area contributed by atoms with Gasteiger partial charge in [0.25, 0.3) is 0 Å². The van der Waals surface area contributed by atoms with Gasteiger partial charge in [-0.05, 0) is 19.5 Å². The maximum absolute atomic E-state index is 5.42. The third kappa shape index (κ3) is 6.47. The van der Waals surface area contributed by atoms with Gasteiger partial charge in [-0.3, -0.25) is 0 Å². The molecule has 0 N–H and O–H groups in total. The summed E-state index contributed by atoms with van der Waals surface area (Å²) in [6, 6.07) is 0. The van der Waals surface area contributed by atoms with Crippen LogP contribution in [-0.2, 0) is 4.43 Å². The quantitative estimate of drug-likeness (QED) is 0.338. The molecule has 0 heterocycles. The van der Waals surface area contributed by atoms with Gasteiger partial charge in [0, 0.05) is 12.5 Å². The highest BCUT2D eigenvalue weighted by Crippen LogP contribution is 1.88. The first-order valence-corrected chi connectivity index (χ1v) is 6.26. The Morgan fingerprint density at radius 3 is 2.50 bits per heavy atom. The third-order valence-corrected chi connectivity index (χ3v) is 1.90. The zero-order chi connectivity index (χ0) is 6.41. The molecule has 0 aliphatic rings. The van der Waals surface area contributed by atoms with E-state index in [1.165, 1.54) is 0 Å². The summed E-state index contributed by atoms with van der Waals surface area (Å²) in [5.74, 6) is 0.723. The Hall–Kier alpha value is 0.467. The van der Waals surface area contributed by atoms with Gasteiger partial charge in [0.2, 0.25) is 0 Å². The predicted octanol–water partition coefficient (Wildman–Crippen LogP) is 1.62. The van der Waals surface area contributed by atoms with E-state index in [4.69, 9.17) is 16.0 Å². The molecule has 0 aromatic heterocycles. The Bertz CT molecular complexity index is 49.7. The molecule has 0 aliphatic heterocycles. The average molecular weight is 153 g/mol. The molecule has 0 saturated heterocycles. The van der Waals surface area contributed by atoms with E-state index in [1.807, 2.05) is 0 Å². The molecule has 0 spiro atoms. The van der Waals surface area contributed by atoms with Crippen molar-refractivity contribution in [1.29, 1.82) is 0 Å². The molecule has 0 atom stereocenters. The fraction of sp³-hybridized carbons (Fsp3) is 1.00. The first-order valence-electron chi connectivity index (χ1n) is 2.95. The maximum Gasteiger partial charge on any atom is 0.170 e. The van der Waals surface area contributed by atoms with E-state index >= 15 is 0 Å². The highest BCUT2D eigenvalue weighted by atomic mass is 35.5. The fourth-order valence-electron chi connectivity index (χ4n) is 0.374. The van der Waals surface area contributed by atoms with Gasteiger partial charge in [0.15, 0.2) is 9.04 Å². The minimum absolute atomic E-state index is 0.723. The van der Waals surface area contributed by atoms with E-state index in [2.05, 4.69) is 13.1 Å². The van der Waals surface area contributed by atoms with Crippen LogP contribution < -0.4 is 0 Å². The molecular weight excluding hydrogens is 140 g/mol. The van der Waals surface area contributed by atoms with Crippen LogP contribution in [0.15, 0.2) is 0 Å². The molecule has 0 fully saturated rings. The van der Waals surface area contributed by atoms with E-state index in [9.17, 15) is 0 Å². The van der Waals surface area contributed by atoms with E-state index < -0.39 is 9.04 Å². The minimum Gasteiger partial charge on any atom is -0.421 e. The van der Waals surface area contributed by atoms with Crippen molar-refractivity contribution in [3.8, 4) is 0 Å². The Balaban J connectivity index is 2.72. The van der Waals surface area contributed by atoms with Crippen molar-refractivity contribution in [3.05, 3.63) is 0 Å². The molecule has 0 amide bonds. The van der Waals surface area contributed by atoms with Gasteiger partial charge in [0.1, 0.15) is 0 Å². The Kier molecular flexibility index (Phi) is 5.93. The summed E-state index contributed by atoms with van der Waals surface area (Å²) in [5, 5.41) is 0. The van der Waals surface area contributed by atoms with Crippen molar-refractivity contribution >= 4 is 20.6 Å². The first-order chi connectivity index (χ1) is 3.77. The van der Waals surface area contributed by atoms with Crippen LogP contribution in [0.1, 0.15) is 6.42 Å². The zero-order valence-electron chi connectivity index (χ0n) is 5.48. The normalized spacial score (nSPS) is 10.5. The third-order valence-electron chi connectivity index (χ3n) is 0.729. The molecule has 0 saturated carbocycles. The van der Waals surface area contributed by atoms with Gasteiger partial charge in [-0.1, -0.05) is 0 Å². The summed E-state index contributed by atoms with van der Waals surface area (Å²) in [6.45, 7) is 5.18. The molecule has 0 aromatic carbocycles. The van der Waals surface area contributed by atoms with Crippen molar-refractivity contribution in [2.75, 3.05) is 12.5 Å². The van der Waals surface area contributed by atoms with Gasteiger partial charge in [-0.25, -0.2) is 0 Å². The molecule has 0 aliphatic carbocycles. The highest BCUT2D eigenvalue weighted by Gasteiger charge is 1.92. The number of alkyl halides is 1. The molecule has 0 radical (unpaired) electrons. The summed E-state index contributed by atoms with van der Waals surface area (Å²) in [6.07, 6.45) is 0.993. The molecule has 0 aromatic rings. The fourth-order valence-corrected chi connectivity index (χ4v) is 1.12. The molecule has 1 nitrogen and oxygen atoms in total. The second kappa shape index (κ2) is 5.60. The van der Waals surface area contributed by atoms with Crippen LogP contribution in [0.4, 0.5) is 0 Å². The first kappa shape index (κ1) is 8.47. The zero-order valence-corrected chi connectivity index (χ0v) is 7.40. The molecule has 0 rings (SSSR count). The van der Waals surface area contributed by atoms with Crippen LogP contribution in [0.2, 0.25) is 13.1 Å². The lowest BCUT2D eigenvalue weighted by Gasteiger charge is -2.02. The van der Waals surface area contributed by atoms with Gasteiger partial charge in [0.05, 0.1) is 0 Å². The van der Waals surface area contributed by atoms with Crippen LogP contribution in [0.25, 0.3) is 0 Å². The highest BCUT2D eigenvalue weighted by molar-refractivity contribution is 6.48. The summed E-state index contributed by atoms with van der Waals surface area (Å²) >= 11 is 5.42. The number of hydrogen-bond acceptors (Lipinski definition) is 1. The van der Waals surface area contributed by atoms with Crippen molar-refractivity contribution in [3.63, 3.8) is 0 Å². The second-order valence-corrected chi connectivity index (χ2v) is 4.77. The van der Waals surface area contributed by atoms with Crippen LogP contribution in [0.5, 0.6) is 0 Å². The standard InChI is InChI=1S/C5H13ClOSi/c1-8(2)7-5-3-4-6/h8H,3-5H2,1-2H3. The SMILES string of the molecule is C[SiH](C)OCCCCl. The Labute approximate surface area is 57.7 Å². The summed E-state index contributed by atoms with van der Waals surface area (Å²) in [5.41, 5.74) is 0. The van der Waals surface area contributed by atoms with Crippen molar-refractivity contribution < 1.29 is 4.43 Å². The largest absolute Gasteiger partial charge is 0.421 e. The Morgan fingerprint density at radius 1 is 1.50 bits per heavy atom. The molecule has 8 heavy (non-hydrogen) atoms. The molecule has 0 unspecified atom stereocenters. The molecule has 50 valence electrons. The van der Waals surface area contributed by atoms with Gasteiger partial charge < -0.3 is 4.43 Å². The van der Waals surface area contributed by atoms with E-state index in [-0.39, 0.29) is 0 Å². The van der Waals surface area contributed by atoms with Gasteiger partial charge in [-0.15, -0.1) is 11.6 Å². The minimum atomic E-state index is -0.761. The molecule has 3 heteroatoms. The average Bonchev–Trinajstić information content (AvgIpc) is 1.66. The van der Waals surface area contributed by atoms with E-state index in [0.717, 1.165) is 18.9 Å². The molecular formula is C5H13ClOSi. The topological polar surface area (TPSA) is 9.23 Å². The lowest BCUT2D eigenvalue weighted by Crippen LogP contribution is -2.08. The lowest BCUT2D eigenvalue weighted by molar-refractivity contribution is 0.327. The number of rotatable bonds is 4. The summed E-state index contributed by atoms with van der Waals surface area (Å²) in [4.78, 5) is 0. The predicted molar refractivity (Wildman–Crippen MR) is 40.2 cm³/mol. The van der Waals surface area contributed by atoms with Crippen molar-refractivity contribution in [2.45, 2.75) is 19.5 Å². The van der Waals surface area contributed by atoms with Crippen molar-refractivity contribution in [1.82, 2.24) is 0 Å². The van der Waals surface area contributed by atoms with Crippen LogP contribution in [-0.4, -0.2) is 21.5 Å². The smallest absolute Gasteiger partial charge is 0.170 e.